The Hall–Kier alpha value is -1.30. The summed E-state index contributed by atoms with van der Waals surface area (Å²) in [5, 5.41) is 0. The zero-order valence-corrected chi connectivity index (χ0v) is 12.1. The maximum absolute atomic E-state index is 11.6. The zero-order chi connectivity index (χ0) is 13.2. The van der Waals surface area contributed by atoms with Crippen molar-refractivity contribution in [1.82, 2.24) is 9.88 Å². The van der Waals surface area contributed by atoms with E-state index >= 15 is 0 Å². The number of hydrogen-bond donors (Lipinski definition) is 1. The van der Waals surface area contributed by atoms with Crippen LogP contribution < -0.4 is 10.6 Å². The third-order valence-corrected chi connectivity index (χ3v) is 3.47. The minimum absolute atomic E-state index is 0.0238. The van der Waals surface area contributed by atoms with Crippen molar-refractivity contribution < 1.29 is 4.79 Å². The maximum atomic E-state index is 11.6. The number of nitrogen functional groups attached to an aromatic ring is 1. The molecule has 94 valence electrons. The van der Waals surface area contributed by atoms with Crippen molar-refractivity contribution in [2.45, 2.75) is 6.92 Å². The van der Waals surface area contributed by atoms with Crippen LogP contribution in [0.1, 0.15) is 5.56 Å². The molecule has 6 heteroatoms. The first kappa shape index (κ1) is 13.8. The van der Waals surface area contributed by atoms with Gasteiger partial charge in [0.2, 0.25) is 5.91 Å². The van der Waals surface area contributed by atoms with E-state index < -0.39 is 0 Å². The highest BCUT2D eigenvalue weighted by Crippen LogP contribution is 2.29. The van der Waals surface area contributed by atoms with Gasteiger partial charge in [-0.05, 0) is 28.4 Å². The minimum atomic E-state index is 0.0238. The fourth-order valence-corrected chi connectivity index (χ4v) is 1.90. The number of aromatic nitrogens is 1. The predicted octanol–water partition coefficient (Wildman–Crippen LogP) is 1.26. The molecule has 0 atom stereocenters. The molecule has 0 radical (unpaired) electrons. The van der Waals surface area contributed by atoms with Gasteiger partial charge in [0.25, 0.3) is 0 Å². The van der Waals surface area contributed by atoms with E-state index in [4.69, 9.17) is 5.73 Å². The van der Waals surface area contributed by atoms with Crippen molar-refractivity contribution in [3.63, 3.8) is 0 Å². The number of nitrogens with zero attached hydrogens (tertiary/aromatic N) is 3. The lowest BCUT2D eigenvalue weighted by molar-refractivity contribution is -0.127. The number of amides is 1. The Bertz CT molecular complexity index is 434. The molecule has 1 heterocycles. The zero-order valence-electron chi connectivity index (χ0n) is 10.5. The van der Waals surface area contributed by atoms with Crippen LogP contribution in [0.4, 0.5) is 11.5 Å². The normalized spacial score (nSPS) is 10.2. The Balaban J connectivity index is 2.94. The fourth-order valence-electron chi connectivity index (χ4n) is 1.26. The molecular weight excluding hydrogens is 284 g/mol. The molecule has 0 aliphatic carbocycles. The summed E-state index contributed by atoms with van der Waals surface area (Å²) in [4.78, 5) is 19.2. The molecule has 1 aromatic heterocycles. The van der Waals surface area contributed by atoms with Crippen LogP contribution in [0, 0.1) is 6.92 Å². The van der Waals surface area contributed by atoms with Crippen molar-refractivity contribution in [3.8, 4) is 0 Å². The molecule has 2 N–H and O–H groups in total. The van der Waals surface area contributed by atoms with E-state index in [1.165, 1.54) is 0 Å². The summed E-state index contributed by atoms with van der Waals surface area (Å²) in [5.74, 6) is 0.738. The lowest BCUT2D eigenvalue weighted by Gasteiger charge is -2.22. The number of nitrogens with two attached hydrogens (primary N) is 1. The maximum Gasteiger partial charge on any atom is 0.241 e. The van der Waals surface area contributed by atoms with Crippen LogP contribution in [-0.4, -0.2) is 43.5 Å². The van der Waals surface area contributed by atoms with E-state index in [1.807, 2.05) is 14.0 Å². The Morgan fingerprint density at radius 1 is 1.47 bits per heavy atom. The number of carbonyl (C=O) groups is 1. The lowest BCUT2D eigenvalue weighted by atomic mass is 10.2. The highest BCUT2D eigenvalue weighted by molar-refractivity contribution is 9.10. The van der Waals surface area contributed by atoms with Gasteiger partial charge < -0.3 is 15.5 Å². The van der Waals surface area contributed by atoms with Crippen LogP contribution in [0.25, 0.3) is 0 Å². The van der Waals surface area contributed by atoms with E-state index in [2.05, 4.69) is 20.9 Å². The molecular formula is C11H17BrN4O. The quantitative estimate of drug-likeness (QED) is 0.913. The number of carbonyl (C=O) groups excluding carboxylic acids is 1. The third-order valence-electron chi connectivity index (χ3n) is 2.52. The van der Waals surface area contributed by atoms with Crippen molar-refractivity contribution in [1.29, 1.82) is 0 Å². The van der Waals surface area contributed by atoms with Gasteiger partial charge in [-0.1, -0.05) is 0 Å². The lowest BCUT2D eigenvalue weighted by Crippen LogP contribution is -2.35. The third kappa shape index (κ3) is 3.09. The average Bonchev–Trinajstić information content (AvgIpc) is 2.25. The Kier molecular flexibility index (Phi) is 4.34. The first-order valence-electron chi connectivity index (χ1n) is 5.16. The monoisotopic (exact) mass is 300 g/mol. The summed E-state index contributed by atoms with van der Waals surface area (Å²) >= 11 is 3.45. The highest BCUT2D eigenvalue weighted by Gasteiger charge is 2.15. The summed E-state index contributed by atoms with van der Waals surface area (Å²) in [5.41, 5.74) is 7.32. The van der Waals surface area contributed by atoms with E-state index in [9.17, 15) is 4.79 Å². The van der Waals surface area contributed by atoms with Gasteiger partial charge in [0, 0.05) is 21.1 Å². The summed E-state index contributed by atoms with van der Waals surface area (Å²) in [6, 6.07) is 0. The largest absolute Gasteiger partial charge is 0.397 e. The Morgan fingerprint density at radius 3 is 2.59 bits per heavy atom. The van der Waals surface area contributed by atoms with E-state index in [-0.39, 0.29) is 12.5 Å². The van der Waals surface area contributed by atoms with Crippen LogP contribution in [0.2, 0.25) is 0 Å². The molecule has 1 rings (SSSR count). The van der Waals surface area contributed by atoms with Gasteiger partial charge in [-0.25, -0.2) is 4.98 Å². The molecule has 5 nitrogen and oxygen atoms in total. The predicted molar refractivity (Wildman–Crippen MR) is 73.1 cm³/mol. The van der Waals surface area contributed by atoms with Gasteiger partial charge in [-0.15, -0.1) is 0 Å². The first-order valence-corrected chi connectivity index (χ1v) is 5.95. The van der Waals surface area contributed by atoms with Crippen molar-refractivity contribution in [2.24, 2.45) is 0 Å². The topological polar surface area (TPSA) is 62.5 Å². The van der Waals surface area contributed by atoms with Crippen LogP contribution in [0.15, 0.2) is 10.7 Å². The average molecular weight is 301 g/mol. The minimum Gasteiger partial charge on any atom is -0.397 e. The summed E-state index contributed by atoms with van der Waals surface area (Å²) in [6.45, 7) is 2.19. The molecule has 0 unspecified atom stereocenters. The first-order chi connectivity index (χ1) is 7.84. The molecule has 1 aromatic rings. The Morgan fingerprint density at radius 2 is 2.06 bits per heavy atom. The standard InChI is InChI=1S/C11H17BrN4O/c1-7-8(13)5-14-11(10(7)12)16(4)6-9(17)15(2)3/h5H,6,13H2,1-4H3. The molecule has 0 fully saturated rings. The number of hydrogen-bond acceptors (Lipinski definition) is 4. The highest BCUT2D eigenvalue weighted by atomic mass is 79.9. The van der Waals surface area contributed by atoms with Crippen molar-refractivity contribution in [2.75, 3.05) is 38.3 Å². The second-order valence-corrected chi connectivity index (χ2v) is 4.91. The number of likely N-dealkylation sites (N-methyl/N-ethyl adjacent to an activating group) is 2. The van der Waals surface area contributed by atoms with Crippen LogP contribution in [0.3, 0.4) is 0 Å². The van der Waals surface area contributed by atoms with Gasteiger partial charge in [0.1, 0.15) is 5.82 Å². The fraction of sp³-hybridized carbons (Fsp3) is 0.455. The van der Waals surface area contributed by atoms with Gasteiger partial charge >= 0.3 is 0 Å². The number of anilines is 2. The molecule has 0 saturated carbocycles. The summed E-state index contributed by atoms with van der Waals surface area (Å²) in [6.07, 6.45) is 1.60. The second kappa shape index (κ2) is 5.35. The van der Waals surface area contributed by atoms with Crippen molar-refractivity contribution >= 4 is 33.3 Å². The molecule has 0 aliphatic heterocycles. The number of halogens is 1. The Labute approximate surface area is 110 Å². The summed E-state index contributed by atoms with van der Waals surface area (Å²) < 4.78 is 0.826. The van der Waals surface area contributed by atoms with Gasteiger partial charge in [0.05, 0.1) is 22.9 Å². The molecule has 0 aliphatic rings. The van der Waals surface area contributed by atoms with Crippen molar-refractivity contribution in [3.05, 3.63) is 16.2 Å². The molecule has 0 aromatic carbocycles. The van der Waals surface area contributed by atoms with Crippen LogP contribution in [0.5, 0.6) is 0 Å². The van der Waals surface area contributed by atoms with E-state index in [1.54, 1.807) is 30.1 Å². The molecule has 0 bridgehead atoms. The van der Waals surface area contributed by atoms with Crippen LogP contribution in [-0.2, 0) is 4.79 Å². The summed E-state index contributed by atoms with van der Waals surface area (Å²) in [7, 11) is 5.28. The van der Waals surface area contributed by atoms with Gasteiger partial charge in [-0.3, -0.25) is 4.79 Å². The number of pyridine rings is 1. The molecule has 17 heavy (non-hydrogen) atoms. The smallest absolute Gasteiger partial charge is 0.241 e. The SMILES string of the molecule is Cc1c(N)cnc(N(C)CC(=O)N(C)C)c1Br. The van der Waals surface area contributed by atoms with E-state index in [0.29, 0.717) is 11.5 Å². The molecule has 0 spiro atoms. The van der Waals surface area contributed by atoms with Crippen LogP contribution >= 0.6 is 15.9 Å². The van der Waals surface area contributed by atoms with E-state index in [0.717, 1.165) is 10.0 Å². The van der Waals surface area contributed by atoms with Gasteiger partial charge in [-0.2, -0.15) is 0 Å². The molecule has 0 saturated heterocycles. The number of rotatable bonds is 3. The van der Waals surface area contributed by atoms with Gasteiger partial charge in [0.15, 0.2) is 0 Å². The molecule has 1 amide bonds. The second-order valence-electron chi connectivity index (χ2n) is 4.12.